The molecular formula is C19H24ClNS. The summed E-state index contributed by atoms with van der Waals surface area (Å²) in [7, 11) is 4.12. The number of rotatable bonds is 5. The van der Waals surface area contributed by atoms with Crippen LogP contribution in [-0.4, -0.2) is 20.4 Å². The second-order valence-electron chi connectivity index (χ2n) is 5.97. The first-order valence-electron chi connectivity index (χ1n) is 7.53. The third-order valence-corrected chi connectivity index (χ3v) is 5.08. The second kappa shape index (κ2) is 7.43. The van der Waals surface area contributed by atoms with Crippen molar-refractivity contribution < 1.29 is 0 Å². The summed E-state index contributed by atoms with van der Waals surface area (Å²) in [6.07, 6.45) is 2.11. The number of para-hydroxylation sites is 1. The molecule has 118 valence electrons. The first kappa shape index (κ1) is 17.2. The quantitative estimate of drug-likeness (QED) is 0.493. The number of benzene rings is 2. The molecule has 0 radical (unpaired) electrons. The van der Waals surface area contributed by atoms with Crippen LogP contribution in [0.25, 0.3) is 0 Å². The Morgan fingerprint density at radius 2 is 1.64 bits per heavy atom. The molecule has 0 bridgehead atoms. The molecule has 2 rings (SSSR count). The fourth-order valence-electron chi connectivity index (χ4n) is 2.69. The standard InChI is InChI=1S/C19H24ClNS/c1-13(2)17-12-14(22-5)10-11-15(17)19(20)16-8-6-7-9-18(16)21(3)4/h6-13,19H,1-5H3. The van der Waals surface area contributed by atoms with Crippen molar-refractivity contribution in [3.8, 4) is 0 Å². The summed E-state index contributed by atoms with van der Waals surface area (Å²) in [5, 5.41) is -0.132. The van der Waals surface area contributed by atoms with Gasteiger partial charge in [-0.2, -0.15) is 0 Å². The van der Waals surface area contributed by atoms with Crippen LogP contribution in [0.4, 0.5) is 5.69 Å². The van der Waals surface area contributed by atoms with E-state index in [0.29, 0.717) is 5.92 Å². The highest BCUT2D eigenvalue weighted by molar-refractivity contribution is 7.98. The predicted molar refractivity (Wildman–Crippen MR) is 101 cm³/mol. The number of hydrogen-bond donors (Lipinski definition) is 0. The molecule has 2 aromatic carbocycles. The Bertz CT molecular complexity index is 637. The zero-order chi connectivity index (χ0) is 16.3. The molecule has 0 fully saturated rings. The lowest BCUT2D eigenvalue weighted by molar-refractivity contribution is 0.839. The third kappa shape index (κ3) is 3.61. The van der Waals surface area contributed by atoms with E-state index in [0.717, 1.165) is 5.56 Å². The Kier molecular flexibility index (Phi) is 5.82. The van der Waals surface area contributed by atoms with E-state index < -0.39 is 0 Å². The van der Waals surface area contributed by atoms with Crippen LogP contribution in [0.1, 0.15) is 41.8 Å². The number of alkyl halides is 1. The fraction of sp³-hybridized carbons (Fsp3) is 0.368. The summed E-state index contributed by atoms with van der Waals surface area (Å²) in [6.45, 7) is 4.45. The monoisotopic (exact) mass is 333 g/mol. The highest BCUT2D eigenvalue weighted by Crippen LogP contribution is 2.39. The van der Waals surface area contributed by atoms with Gasteiger partial charge in [-0.15, -0.1) is 23.4 Å². The van der Waals surface area contributed by atoms with E-state index in [4.69, 9.17) is 11.6 Å². The van der Waals surface area contributed by atoms with Crippen LogP contribution >= 0.6 is 23.4 Å². The lowest BCUT2D eigenvalue weighted by Gasteiger charge is -2.23. The molecule has 0 spiro atoms. The summed E-state index contributed by atoms with van der Waals surface area (Å²) in [4.78, 5) is 3.41. The van der Waals surface area contributed by atoms with Crippen LogP contribution in [0.15, 0.2) is 47.4 Å². The van der Waals surface area contributed by atoms with Crippen LogP contribution < -0.4 is 4.90 Å². The maximum Gasteiger partial charge on any atom is 0.0858 e. The van der Waals surface area contributed by atoms with Gasteiger partial charge in [0.25, 0.3) is 0 Å². The average molecular weight is 334 g/mol. The van der Waals surface area contributed by atoms with E-state index in [1.807, 2.05) is 0 Å². The van der Waals surface area contributed by atoms with E-state index in [1.165, 1.54) is 21.7 Å². The number of anilines is 1. The Balaban J connectivity index is 2.52. The largest absolute Gasteiger partial charge is 0.377 e. The van der Waals surface area contributed by atoms with Gasteiger partial charge in [-0.05, 0) is 47.1 Å². The molecule has 2 aromatic rings. The molecule has 0 aliphatic rings. The van der Waals surface area contributed by atoms with Gasteiger partial charge in [0, 0.05) is 24.7 Å². The lowest BCUT2D eigenvalue weighted by Crippen LogP contribution is -2.12. The number of thioether (sulfide) groups is 1. The van der Waals surface area contributed by atoms with Gasteiger partial charge in [0.2, 0.25) is 0 Å². The SMILES string of the molecule is CSc1ccc(C(Cl)c2ccccc2N(C)C)c(C(C)C)c1. The van der Waals surface area contributed by atoms with Gasteiger partial charge in [0.1, 0.15) is 0 Å². The summed E-state index contributed by atoms with van der Waals surface area (Å²) in [5.41, 5.74) is 4.88. The summed E-state index contributed by atoms with van der Waals surface area (Å²) >= 11 is 8.67. The van der Waals surface area contributed by atoms with Gasteiger partial charge >= 0.3 is 0 Å². The minimum Gasteiger partial charge on any atom is -0.377 e. The van der Waals surface area contributed by atoms with Crippen molar-refractivity contribution in [1.82, 2.24) is 0 Å². The van der Waals surface area contributed by atoms with Gasteiger partial charge in [-0.1, -0.05) is 38.1 Å². The Hall–Kier alpha value is -1.12. The minimum atomic E-state index is -0.132. The van der Waals surface area contributed by atoms with E-state index in [1.54, 1.807) is 11.8 Å². The Morgan fingerprint density at radius 1 is 0.955 bits per heavy atom. The third-order valence-electron chi connectivity index (χ3n) is 3.88. The number of nitrogens with zero attached hydrogens (tertiary/aromatic N) is 1. The van der Waals surface area contributed by atoms with Gasteiger partial charge in [0.15, 0.2) is 0 Å². The number of halogens is 1. The molecule has 0 saturated heterocycles. The van der Waals surface area contributed by atoms with Crippen molar-refractivity contribution in [3.63, 3.8) is 0 Å². The molecule has 1 atom stereocenters. The average Bonchev–Trinajstić information content (AvgIpc) is 2.53. The topological polar surface area (TPSA) is 3.24 Å². The summed E-state index contributed by atoms with van der Waals surface area (Å²) in [6, 6.07) is 15.0. The van der Waals surface area contributed by atoms with Crippen LogP contribution in [0.3, 0.4) is 0 Å². The maximum absolute atomic E-state index is 6.89. The molecule has 0 heterocycles. The van der Waals surface area contributed by atoms with Crippen molar-refractivity contribution in [1.29, 1.82) is 0 Å². The van der Waals surface area contributed by atoms with Gasteiger partial charge < -0.3 is 4.90 Å². The van der Waals surface area contributed by atoms with Crippen LogP contribution in [0.2, 0.25) is 0 Å². The van der Waals surface area contributed by atoms with E-state index in [-0.39, 0.29) is 5.38 Å². The van der Waals surface area contributed by atoms with Gasteiger partial charge in [-0.3, -0.25) is 0 Å². The molecule has 0 aliphatic heterocycles. The first-order chi connectivity index (χ1) is 10.5. The molecular weight excluding hydrogens is 310 g/mol. The molecule has 22 heavy (non-hydrogen) atoms. The molecule has 0 aliphatic carbocycles. The smallest absolute Gasteiger partial charge is 0.0858 e. The van der Waals surface area contributed by atoms with E-state index in [2.05, 4.69) is 81.6 Å². The van der Waals surface area contributed by atoms with Crippen LogP contribution in [-0.2, 0) is 0 Å². The highest BCUT2D eigenvalue weighted by atomic mass is 35.5. The molecule has 1 nitrogen and oxygen atoms in total. The van der Waals surface area contributed by atoms with Crippen LogP contribution in [0.5, 0.6) is 0 Å². The van der Waals surface area contributed by atoms with Crippen molar-refractivity contribution in [2.24, 2.45) is 0 Å². The molecule has 1 unspecified atom stereocenters. The number of hydrogen-bond acceptors (Lipinski definition) is 2. The van der Waals surface area contributed by atoms with Crippen molar-refractivity contribution in [2.75, 3.05) is 25.3 Å². The van der Waals surface area contributed by atoms with Crippen molar-refractivity contribution >= 4 is 29.1 Å². The zero-order valence-corrected chi connectivity index (χ0v) is 15.5. The molecule has 0 N–H and O–H groups in total. The Labute approximate surface area is 143 Å². The Morgan fingerprint density at radius 3 is 2.23 bits per heavy atom. The minimum absolute atomic E-state index is 0.132. The van der Waals surface area contributed by atoms with E-state index >= 15 is 0 Å². The molecule has 0 amide bonds. The molecule has 0 saturated carbocycles. The van der Waals surface area contributed by atoms with Gasteiger partial charge in [-0.25, -0.2) is 0 Å². The van der Waals surface area contributed by atoms with Crippen molar-refractivity contribution in [2.45, 2.75) is 30.0 Å². The normalized spacial score (nSPS) is 12.5. The molecule has 0 aromatic heterocycles. The fourth-order valence-corrected chi connectivity index (χ4v) is 3.52. The molecule has 3 heteroatoms. The summed E-state index contributed by atoms with van der Waals surface area (Å²) < 4.78 is 0. The maximum atomic E-state index is 6.89. The zero-order valence-electron chi connectivity index (χ0n) is 13.9. The second-order valence-corrected chi connectivity index (χ2v) is 7.28. The predicted octanol–water partition coefficient (Wildman–Crippen LogP) is 5.93. The summed E-state index contributed by atoms with van der Waals surface area (Å²) in [5.74, 6) is 0.454. The lowest BCUT2D eigenvalue weighted by atomic mass is 9.92. The van der Waals surface area contributed by atoms with Gasteiger partial charge in [0.05, 0.1) is 5.38 Å². The van der Waals surface area contributed by atoms with Crippen LogP contribution in [0, 0.1) is 0 Å². The van der Waals surface area contributed by atoms with E-state index in [9.17, 15) is 0 Å². The van der Waals surface area contributed by atoms with Crippen molar-refractivity contribution in [3.05, 3.63) is 59.2 Å². The first-order valence-corrected chi connectivity index (χ1v) is 9.20. The highest BCUT2D eigenvalue weighted by Gasteiger charge is 2.20.